The Balaban J connectivity index is 0.00000242. The predicted molar refractivity (Wildman–Crippen MR) is 93.2 cm³/mol. The molecule has 0 aliphatic carbocycles. The second-order valence-electron chi connectivity index (χ2n) is 5.53. The fraction of sp³-hybridized carbons (Fsp3) is 0.500. The monoisotopic (exact) mass is 323 g/mol. The van der Waals surface area contributed by atoms with Crippen molar-refractivity contribution in [2.24, 2.45) is 0 Å². The maximum atomic E-state index is 11.7. The first kappa shape index (κ1) is 18.7. The van der Waals surface area contributed by atoms with Gasteiger partial charge in [-0.2, -0.15) is 0 Å². The minimum atomic E-state index is -0.259. The Kier molecular flexibility index (Phi) is 8.86. The average Bonchev–Trinajstić information content (AvgIpc) is 2.94. The molecule has 0 spiro atoms. The maximum absolute atomic E-state index is 11.7. The van der Waals surface area contributed by atoms with Crippen molar-refractivity contribution in [3.8, 4) is 0 Å². The van der Waals surface area contributed by atoms with Crippen molar-refractivity contribution in [1.82, 2.24) is 4.90 Å². The standard InChI is InChI=1S/C18H25NO2.ClH/c1-2-7-17-10-6-13-19(17)14-15-21-18(20)12-11-16-8-4-3-5-9-16;/h3-5,8-9,11-12,17H,2,6-7,10,13-15H2,1H3;1H/b12-11+;. The van der Waals surface area contributed by atoms with Crippen molar-refractivity contribution in [3.05, 3.63) is 42.0 Å². The molecule has 2 rings (SSSR count). The quantitative estimate of drug-likeness (QED) is 0.562. The summed E-state index contributed by atoms with van der Waals surface area (Å²) in [7, 11) is 0. The van der Waals surface area contributed by atoms with E-state index in [2.05, 4.69) is 11.8 Å². The van der Waals surface area contributed by atoms with E-state index in [0.717, 1.165) is 18.7 Å². The Morgan fingerprint density at radius 2 is 2.14 bits per heavy atom. The molecule has 0 bridgehead atoms. The highest BCUT2D eigenvalue weighted by atomic mass is 35.5. The summed E-state index contributed by atoms with van der Waals surface area (Å²) in [6.07, 6.45) is 8.33. The smallest absolute Gasteiger partial charge is 0.330 e. The Morgan fingerprint density at radius 3 is 2.86 bits per heavy atom. The van der Waals surface area contributed by atoms with Crippen molar-refractivity contribution < 1.29 is 9.53 Å². The van der Waals surface area contributed by atoms with E-state index in [1.54, 1.807) is 6.08 Å². The fourth-order valence-electron chi connectivity index (χ4n) is 2.89. The fourth-order valence-corrected chi connectivity index (χ4v) is 2.89. The Hall–Kier alpha value is -1.32. The van der Waals surface area contributed by atoms with Crippen LogP contribution in [0.1, 0.15) is 38.2 Å². The number of rotatable bonds is 7. The van der Waals surface area contributed by atoms with Gasteiger partial charge < -0.3 is 4.74 Å². The highest BCUT2D eigenvalue weighted by Gasteiger charge is 2.23. The van der Waals surface area contributed by atoms with E-state index >= 15 is 0 Å². The molecule has 1 fully saturated rings. The van der Waals surface area contributed by atoms with Gasteiger partial charge in [0.05, 0.1) is 0 Å². The topological polar surface area (TPSA) is 29.5 Å². The van der Waals surface area contributed by atoms with E-state index in [1.165, 1.54) is 31.8 Å². The highest BCUT2D eigenvalue weighted by Crippen LogP contribution is 2.20. The van der Waals surface area contributed by atoms with Crippen LogP contribution in [0.5, 0.6) is 0 Å². The molecular formula is C18H26ClNO2. The van der Waals surface area contributed by atoms with Gasteiger partial charge in [-0.1, -0.05) is 43.7 Å². The minimum Gasteiger partial charge on any atom is -0.461 e. The molecule has 1 unspecified atom stereocenters. The van der Waals surface area contributed by atoms with Gasteiger partial charge in [-0.05, 0) is 37.4 Å². The number of halogens is 1. The van der Waals surface area contributed by atoms with Crippen molar-refractivity contribution in [2.45, 2.75) is 38.6 Å². The molecule has 0 radical (unpaired) electrons. The Morgan fingerprint density at radius 1 is 1.36 bits per heavy atom. The van der Waals surface area contributed by atoms with Crippen LogP contribution in [0.15, 0.2) is 36.4 Å². The minimum absolute atomic E-state index is 0. The molecule has 3 nitrogen and oxygen atoms in total. The van der Waals surface area contributed by atoms with Crippen LogP contribution in [0.2, 0.25) is 0 Å². The molecule has 1 saturated heterocycles. The van der Waals surface area contributed by atoms with E-state index in [1.807, 2.05) is 30.3 Å². The Labute approximate surface area is 139 Å². The lowest BCUT2D eigenvalue weighted by Gasteiger charge is -2.23. The molecule has 0 aromatic heterocycles. The molecule has 122 valence electrons. The number of carbonyl (C=O) groups excluding carboxylic acids is 1. The lowest BCUT2D eigenvalue weighted by Crippen LogP contribution is -2.32. The van der Waals surface area contributed by atoms with Crippen molar-refractivity contribution in [3.63, 3.8) is 0 Å². The first-order valence-electron chi connectivity index (χ1n) is 7.93. The molecule has 1 aromatic rings. The first-order chi connectivity index (χ1) is 10.3. The summed E-state index contributed by atoms with van der Waals surface area (Å²) in [6.45, 7) is 4.71. The van der Waals surface area contributed by atoms with Gasteiger partial charge in [-0.15, -0.1) is 12.4 Å². The zero-order valence-electron chi connectivity index (χ0n) is 13.2. The molecule has 0 amide bonds. The lowest BCUT2D eigenvalue weighted by molar-refractivity contribution is -0.138. The molecule has 4 heteroatoms. The van der Waals surface area contributed by atoms with Gasteiger partial charge in [0.25, 0.3) is 0 Å². The molecule has 1 aromatic carbocycles. The van der Waals surface area contributed by atoms with Crippen molar-refractivity contribution in [1.29, 1.82) is 0 Å². The van der Waals surface area contributed by atoms with Gasteiger partial charge in [0.1, 0.15) is 6.61 Å². The summed E-state index contributed by atoms with van der Waals surface area (Å²) in [4.78, 5) is 14.1. The number of ether oxygens (including phenoxy) is 1. The van der Waals surface area contributed by atoms with E-state index in [0.29, 0.717) is 12.6 Å². The number of carbonyl (C=O) groups is 1. The molecule has 0 saturated carbocycles. The van der Waals surface area contributed by atoms with Gasteiger partial charge in [0.2, 0.25) is 0 Å². The van der Waals surface area contributed by atoms with Gasteiger partial charge in [-0.25, -0.2) is 4.79 Å². The number of hydrogen-bond acceptors (Lipinski definition) is 3. The average molecular weight is 324 g/mol. The zero-order valence-corrected chi connectivity index (χ0v) is 14.1. The second kappa shape index (κ2) is 10.4. The number of likely N-dealkylation sites (tertiary alicyclic amines) is 1. The Bertz CT molecular complexity index is 461. The number of nitrogens with zero attached hydrogens (tertiary/aromatic N) is 1. The third-order valence-corrected chi connectivity index (χ3v) is 3.96. The molecule has 1 aliphatic heterocycles. The van der Waals surface area contributed by atoms with Crippen molar-refractivity contribution in [2.75, 3.05) is 19.7 Å². The van der Waals surface area contributed by atoms with E-state index in [-0.39, 0.29) is 18.4 Å². The largest absolute Gasteiger partial charge is 0.461 e. The first-order valence-corrected chi connectivity index (χ1v) is 7.93. The molecule has 0 N–H and O–H groups in total. The summed E-state index contributed by atoms with van der Waals surface area (Å²) in [5.41, 5.74) is 1.01. The van der Waals surface area contributed by atoms with Crippen LogP contribution in [0.4, 0.5) is 0 Å². The van der Waals surface area contributed by atoms with Gasteiger partial charge in [0, 0.05) is 18.7 Å². The maximum Gasteiger partial charge on any atom is 0.330 e. The van der Waals surface area contributed by atoms with Crippen LogP contribution in [0.3, 0.4) is 0 Å². The van der Waals surface area contributed by atoms with E-state index in [4.69, 9.17) is 4.74 Å². The SMILES string of the molecule is CCCC1CCCN1CCOC(=O)/C=C/c1ccccc1.Cl. The van der Waals surface area contributed by atoms with Crippen LogP contribution >= 0.6 is 12.4 Å². The number of esters is 1. The normalized spacial score (nSPS) is 18.3. The third-order valence-electron chi connectivity index (χ3n) is 3.96. The summed E-state index contributed by atoms with van der Waals surface area (Å²) < 4.78 is 5.28. The van der Waals surface area contributed by atoms with E-state index in [9.17, 15) is 4.79 Å². The third kappa shape index (κ3) is 6.20. The summed E-state index contributed by atoms with van der Waals surface area (Å²) in [5, 5.41) is 0. The van der Waals surface area contributed by atoms with Crippen molar-refractivity contribution >= 4 is 24.5 Å². The lowest BCUT2D eigenvalue weighted by atomic mass is 10.1. The van der Waals surface area contributed by atoms with Gasteiger partial charge >= 0.3 is 5.97 Å². The van der Waals surface area contributed by atoms with Crippen LogP contribution in [-0.4, -0.2) is 36.6 Å². The van der Waals surface area contributed by atoms with Crippen LogP contribution < -0.4 is 0 Å². The number of benzene rings is 1. The van der Waals surface area contributed by atoms with Gasteiger partial charge in [-0.3, -0.25) is 4.90 Å². The molecule has 1 aliphatic rings. The molecule has 22 heavy (non-hydrogen) atoms. The van der Waals surface area contributed by atoms with Crippen LogP contribution in [0.25, 0.3) is 6.08 Å². The zero-order chi connectivity index (χ0) is 14.9. The van der Waals surface area contributed by atoms with Crippen LogP contribution in [-0.2, 0) is 9.53 Å². The molecular weight excluding hydrogens is 298 g/mol. The van der Waals surface area contributed by atoms with Crippen LogP contribution in [0, 0.1) is 0 Å². The molecule has 1 heterocycles. The predicted octanol–water partition coefficient (Wildman–Crippen LogP) is 3.93. The second-order valence-corrected chi connectivity index (χ2v) is 5.53. The number of hydrogen-bond donors (Lipinski definition) is 0. The highest BCUT2D eigenvalue weighted by molar-refractivity contribution is 5.87. The summed E-state index contributed by atoms with van der Waals surface area (Å²) in [6, 6.07) is 10.5. The van der Waals surface area contributed by atoms with Gasteiger partial charge in [0.15, 0.2) is 0 Å². The summed E-state index contributed by atoms with van der Waals surface area (Å²) in [5.74, 6) is -0.259. The van der Waals surface area contributed by atoms with E-state index < -0.39 is 0 Å². The molecule has 1 atom stereocenters. The summed E-state index contributed by atoms with van der Waals surface area (Å²) >= 11 is 0.